The number of hydrogen-bond acceptors (Lipinski definition) is 8. The van der Waals surface area contributed by atoms with Crippen molar-refractivity contribution in [1.82, 2.24) is 10.3 Å². The van der Waals surface area contributed by atoms with Crippen LogP contribution in [0.15, 0.2) is 54.7 Å². The predicted molar refractivity (Wildman–Crippen MR) is 181 cm³/mol. The number of carbonyl (C=O) groups is 1. The van der Waals surface area contributed by atoms with Gasteiger partial charge in [-0.3, -0.25) is 4.79 Å². The minimum atomic E-state index is -2.86. The van der Waals surface area contributed by atoms with Gasteiger partial charge in [-0.2, -0.15) is 5.26 Å². The summed E-state index contributed by atoms with van der Waals surface area (Å²) < 4.78 is 28.8. The second kappa shape index (κ2) is 14.0. The Hall–Kier alpha value is -3.26. The summed E-state index contributed by atoms with van der Waals surface area (Å²) in [6.45, 7) is 2.82. The van der Waals surface area contributed by atoms with E-state index in [1.807, 2.05) is 6.20 Å². The summed E-state index contributed by atoms with van der Waals surface area (Å²) in [5.74, 6) is 1.34. The van der Waals surface area contributed by atoms with Crippen molar-refractivity contribution >= 4 is 32.8 Å². The Bertz CT molecular complexity index is 1610. The monoisotopic (exact) mass is 648 g/mol. The van der Waals surface area contributed by atoms with Gasteiger partial charge in [-0.15, -0.1) is 11.3 Å². The summed E-state index contributed by atoms with van der Waals surface area (Å²) in [5, 5.41) is 12.8. The van der Waals surface area contributed by atoms with E-state index in [-0.39, 0.29) is 24.8 Å². The van der Waals surface area contributed by atoms with Crippen LogP contribution >= 0.6 is 11.3 Å². The molecule has 7 rings (SSSR count). The molecule has 0 radical (unpaired) electrons. The van der Waals surface area contributed by atoms with Crippen LogP contribution in [0.3, 0.4) is 0 Å². The number of nitriles is 1. The van der Waals surface area contributed by atoms with Crippen molar-refractivity contribution in [2.24, 2.45) is 5.92 Å². The average Bonchev–Trinajstić information content (AvgIpc) is 3.68. The first-order chi connectivity index (χ1) is 21.8. The van der Waals surface area contributed by atoms with Crippen LogP contribution in [0.5, 0.6) is 0 Å². The van der Waals surface area contributed by atoms with E-state index >= 15 is 0 Å². The van der Waals surface area contributed by atoms with Crippen LogP contribution in [0.4, 0.5) is 5.69 Å². The third-order valence-electron chi connectivity index (χ3n) is 9.50. The Labute approximate surface area is 272 Å². The molecule has 2 saturated carbocycles. The maximum atomic E-state index is 11.8. The molecule has 3 aromatic rings. The zero-order valence-corrected chi connectivity index (χ0v) is 27.4. The summed E-state index contributed by atoms with van der Waals surface area (Å²) in [6, 6.07) is 19.3. The summed E-state index contributed by atoms with van der Waals surface area (Å²) in [4.78, 5) is 19.7. The van der Waals surface area contributed by atoms with Gasteiger partial charge < -0.3 is 15.0 Å². The van der Waals surface area contributed by atoms with E-state index in [0.717, 1.165) is 85.7 Å². The quantitative estimate of drug-likeness (QED) is 0.321. The number of nitrogens with one attached hydrogen (secondary N) is 1. The molecule has 1 amide bonds. The fourth-order valence-electron chi connectivity index (χ4n) is 6.40. The van der Waals surface area contributed by atoms with Crippen LogP contribution in [0.2, 0.25) is 0 Å². The number of benzene rings is 2. The van der Waals surface area contributed by atoms with Gasteiger partial charge in [0, 0.05) is 51.1 Å². The molecule has 2 aromatic carbocycles. The number of ether oxygens (including phenoxy) is 1. The van der Waals surface area contributed by atoms with Crippen molar-refractivity contribution in [2.45, 2.75) is 69.2 Å². The Balaban J connectivity index is 0.000000234. The molecule has 1 N–H and O–H groups in total. The highest BCUT2D eigenvalue weighted by Crippen LogP contribution is 2.37. The summed E-state index contributed by atoms with van der Waals surface area (Å²) in [7, 11) is -2.86. The lowest BCUT2D eigenvalue weighted by Crippen LogP contribution is -2.40. The van der Waals surface area contributed by atoms with Crippen molar-refractivity contribution in [1.29, 1.82) is 5.26 Å². The molecule has 240 valence electrons. The van der Waals surface area contributed by atoms with Crippen molar-refractivity contribution in [3.8, 4) is 27.1 Å². The maximum Gasteiger partial charge on any atom is 0.224 e. The molecule has 0 atom stereocenters. The first kappa shape index (κ1) is 31.7. The van der Waals surface area contributed by atoms with E-state index in [2.05, 4.69) is 64.8 Å². The van der Waals surface area contributed by atoms with Gasteiger partial charge >= 0.3 is 0 Å². The highest BCUT2D eigenvalue weighted by Gasteiger charge is 2.45. The molecule has 2 aliphatic heterocycles. The van der Waals surface area contributed by atoms with E-state index < -0.39 is 15.4 Å². The molecule has 4 fully saturated rings. The number of sulfone groups is 1. The molecule has 3 heterocycles. The number of anilines is 1. The fraction of sp³-hybridized carbons (Fsp3) is 0.514. The summed E-state index contributed by atoms with van der Waals surface area (Å²) in [5.41, 5.74) is 4.29. The Morgan fingerprint density at radius 1 is 1.00 bits per heavy atom. The molecular formula is C35H44N4O4S2. The van der Waals surface area contributed by atoms with Crippen molar-refractivity contribution in [3.63, 3.8) is 0 Å². The number of nitrogens with zero attached hydrogens (tertiary/aromatic N) is 3. The van der Waals surface area contributed by atoms with Gasteiger partial charge in [0.05, 0.1) is 22.5 Å². The minimum absolute atomic E-state index is 0. The van der Waals surface area contributed by atoms with Gasteiger partial charge in [-0.25, -0.2) is 13.4 Å². The molecule has 2 saturated heterocycles. The lowest BCUT2D eigenvalue weighted by molar-refractivity contribution is -0.126. The van der Waals surface area contributed by atoms with Crippen molar-refractivity contribution < 1.29 is 19.4 Å². The Morgan fingerprint density at radius 3 is 2.38 bits per heavy atom. The number of amides is 1. The van der Waals surface area contributed by atoms with E-state index in [0.29, 0.717) is 19.0 Å². The standard InChI is InChI=1S/C24H26N2O3S2.C11H16N2O.H2/c27-31(28)14-10-26(11-15-31)22-6-4-19(5-7-22)23-17-25-24(30-23)21-3-1-2-20(16-21)18-8-12-29-13-9-18;12-8-11(6-7-11)13-10(14)9-4-2-1-3-5-9;/h1-7,16-18H,8-15H2;9H,1-7H2,(H,13,14);1H. The molecule has 0 bridgehead atoms. The Kier molecular flexibility index (Phi) is 9.88. The molecule has 0 spiro atoms. The smallest absolute Gasteiger partial charge is 0.224 e. The van der Waals surface area contributed by atoms with Gasteiger partial charge in [-0.1, -0.05) is 49.6 Å². The molecule has 45 heavy (non-hydrogen) atoms. The van der Waals surface area contributed by atoms with E-state index in [1.165, 1.54) is 17.5 Å². The third-order valence-corrected chi connectivity index (χ3v) is 12.2. The second-order valence-electron chi connectivity index (χ2n) is 12.7. The minimum Gasteiger partial charge on any atom is -0.381 e. The van der Waals surface area contributed by atoms with E-state index in [4.69, 9.17) is 15.0 Å². The van der Waals surface area contributed by atoms with Gasteiger partial charge in [-0.05, 0) is 73.8 Å². The lowest BCUT2D eigenvalue weighted by atomic mass is 9.88. The van der Waals surface area contributed by atoms with Gasteiger partial charge in [0.1, 0.15) is 10.5 Å². The van der Waals surface area contributed by atoms with Crippen LogP contribution in [0.25, 0.3) is 21.0 Å². The largest absolute Gasteiger partial charge is 0.381 e. The van der Waals surface area contributed by atoms with Crippen molar-refractivity contribution in [2.75, 3.05) is 42.7 Å². The highest BCUT2D eigenvalue weighted by atomic mass is 32.2. The van der Waals surface area contributed by atoms with Crippen molar-refractivity contribution in [3.05, 3.63) is 60.3 Å². The number of aromatic nitrogens is 1. The first-order valence-corrected chi connectivity index (χ1v) is 18.9. The van der Waals surface area contributed by atoms with Crippen LogP contribution < -0.4 is 10.2 Å². The van der Waals surface area contributed by atoms with Crippen LogP contribution in [-0.4, -0.2) is 62.7 Å². The zero-order chi connectivity index (χ0) is 31.3. The number of thiazole rings is 1. The summed E-state index contributed by atoms with van der Waals surface area (Å²) in [6.07, 6.45) is 11.4. The lowest BCUT2D eigenvalue weighted by Gasteiger charge is -2.28. The van der Waals surface area contributed by atoms with Crippen LogP contribution in [-0.2, 0) is 19.4 Å². The van der Waals surface area contributed by atoms with E-state index in [1.54, 1.807) is 11.3 Å². The molecule has 4 aliphatic rings. The first-order valence-electron chi connectivity index (χ1n) is 16.3. The SMILES string of the molecule is N#CC1(NC(=O)C2CCCCC2)CC1.O=S1(=O)CCN(c2ccc(-c3cnc(-c4cccc(C5CCOCC5)c4)s3)cc2)CC1.[HH]. The average molecular weight is 649 g/mol. The predicted octanol–water partition coefficient (Wildman–Crippen LogP) is 6.59. The van der Waals surface area contributed by atoms with Gasteiger partial charge in [0.25, 0.3) is 0 Å². The molecule has 10 heteroatoms. The maximum absolute atomic E-state index is 11.8. The number of hydrogen-bond donors (Lipinski definition) is 1. The molecule has 0 unspecified atom stereocenters. The summed E-state index contributed by atoms with van der Waals surface area (Å²) >= 11 is 1.71. The highest BCUT2D eigenvalue weighted by molar-refractivity contribution is 7.91. The molecular weight excluding hydrogens is 605 g/mol. The molecule has 2 aliphatic carbocycles. The molecule has 8 nitrogen and oxygen atoms in total. The topological polar surface area (TPSA) is 112 Å². The van der Waals surface area contributed by atoms with E-state index in [9.17, 15) is 13.2 Å². The van der Waals surface area contributed by atoms with Gasteiger partial charge in [0.2, 0.25) is 5.91 Å². The van der Waals surface area contributed by atoms with Crippen LogP contribution in [0, 0.1) is 17.2 Å². The normalized spacial score (nSPS) is 21.2. The Morgan fingerprint density at radius 2 is 1.71 bits per heavy atom. The number of rotatable bonds is 6. The second-order valence-corrected chi connectivity index (χ2v) is 16.1. The number of carbonyl (C=O) groups excluding carboxylic acids is 1. The van der Waals surface area contributed by atoms with Crippen LogP contribution in [0.1, 0.15) is 70.7 Å². The molecule has 1 aromatic heterocycles. The third kappa shape index (κ3) is 8.13. The fourth-order valence-corrected chi connectivity index (χ4v) is 8.52. The van der Waals surface area contributed by atoms with Gasteiger partial charge in [0.15, 0.2) is 9.84 Å². The zero-order valence-electron chi connectivity index (χ0n) is 25.7.